The second-order valence-electron chi connectivity index (χ2n) is 5.55. The first-order valence-corrected chi connectivity index (χ1v) is 6.46. The van der Waals surface area contributed by atoms with Crippen LogP contribution in [0.5, 0.6) is 0 Å². The summed E-state index contributed by atoms with van der Waals surface area (Å²) in [7, 11) is 0. The maximum absolute atomic E-state index is 10.9. The molecule has 0 bridgehead atoms. The Bertz CT molecular complexity index is 228. The molecule has 0 heterocycles. The van der Waals surface area contributed by atoms with Gasteiger partial charge in [-0.1, -0.05) is 33.6 Å². The topological polar surface area (TPSA) is 40.5 Å². The van der Waals surface area contributed by atoms with Gasteiger partial charge in [0.2, 0.25) is 0 Å². The highest BCUT2D eigenvalue weighted by Crippen LogP contribution is 2.28. The van der Waals surface area contributed by atoms with E-state index in [0.29, 0.717) is 17.9 Å². The lowest BCUT2D eigenvalue weighted by Gasteiger charge is -2.38. The number of nitrogens with zero attached hydrogens (tertiary/aromatic N) is 1. The van der Waals surface area contributed by atoms with Gasteiger partial charge in [-0.25, -0.2) is 0 Å². The van der Waals surface area contributed by atoms with Crippen molar-refractivity contribution in [3.8, 4) is 0 Å². The zero-order valence-corrected chi connectivity index (χ0v) is 10.8. The average Bonchev–Trinajstić information content (AvgIpc) is 2.15. The molecule has 0 saturated heterocycles. The van der Waals surface area contributed by atoms with E-state index >= 15 is 0 Å². The van der Waals surface area contributed by atoms with Gasteiger partial charge in [-0.15, -0.1) is 0 Å². The molecule has 1 saturated carbocycles. The summed E-state index contributed by atoms with van der Waals surface area (Å²) in [5, 5.41) is 8.97. The van der Waals surface area contributed by atoms with E-state index in [1.807, 2.05) is 0 Å². The lowest BCUT2D eigenvalue weighted by Crippen LogP contribution is -2.45. The van der Waals surface area contributed by atoms with Crippen LogP contribution in [-0.4, -0.2) is 35.1 Å². The van der Waals surface area contributed by atoms with Crippen LogP contribution >= 0.6 is 0 Å². The Morgan fingerprint density at radius 3 is 2.50 bits per heavy atom. The molecule has 2 atom stereocenters. The zero-order valence-electron chi connectivity index (χ0n) is 10.8. The molecule has 3 nitrogen and oxygen atoms in total. The van der Waals surface area contributed by atoms with Crippen LogP contribution in [0.1, 0.15) is 46.5 Å². The van der Waals surface area contributed by atoms with Crippen LogP contribution in [0.4, 0.5) is 0 Å². The fourth-order valence-corrected chi connectivity index (χ4v) is 2.80. The van der Waals surface area contributed by atoms with Crippen molar-refractivity contribution in [2.24, 2.45) is 11.8 Å². The second-order valence-corrected chi connectivity index (χ2v) is 5.55. The molecule has 0 aliphatic heterocycles. The number of carboxylic acids is 1. The minimum absolute atomic E-state index is 0.202. The number of rotatable bonds is 5. The molecule has 94 valence electrons. The van der Waals surface area contributed by atoms with Crippen molar-refractivity contribution >= 4 is 5.97 Å². The lowest BCUT2D eigenvalue weighted by atomic mass is 9.84. The van der Waals surface area contributed by atoms with Crippen LogP contribution in [-0.2, 0) is 4.79 Å². The van der Waals surface area contributed by atoms with Gasteiger partial charge in [-0.2, -0.15) is 0 Å². The van der Waals surface area contributed by atoms with Crippen LogP contribution in [0.2, 0.25) is 0 Å². The zero-order chi connectivity index (χ0) is 12.1. The Labute approximate surface area is 98.8 Å². The number of aliphatic carboxylic acids is 1. The van der Waals surface area contributed by atoms with Crippen LogP contribution in [0.15, 0.2) is 0 Å². The number of hydrogen-bond acceptors (Lipinski definition) is 2. The van der Waals surface area contributed by atoms with Crippen LogP contribution in [0.25, 0.3) is 0 Å². The summed E-state index contributed by atoms with van der Waals surface area (Å²) in [5.41, 5.74) is 0. The molecule has 3 heteroatoms. The number of hydrogen-bond donors (Lipinski definition) is 1. The maximum atomic E-state index is 10.9. The SMILES string of the molecule is CC(C)CN(CC(=O)O)C1CCCCC1C. The third-order valence-corrected chi connectivity index (χ3v) is 3.47. The summed E-state index contributed by atoms with van der Waals surface area (Å²) in [6.45, 7) is 7.68. The largest absolute Gasteiger partial charge is 0.480 e. The summed E-state index contributed by atoms with van der Waals surface area (Å²) in [6, 6.07) is 0.479. The van der Waals surface area contributed by atoms with Gasteiger partial charge in [0.15, 0.2) is 0 Å². The van der Waals surface area contributed by atoms with E-state index in [9.17, 15) is 4.79 Å². The van der Waals surface area contributed by atoms with Crippen LogP contribution in [0, 0.1) is 11.8 Å². The highest BCUT2D eigenvalue weighted by atomic mass is 16.4. The molecule has 0 spiro atoms. The van der Waals surface area contributed by atoms with Gasteiger partial charge in [0.25, 0.3) is 0 Å². The van der Waals surface area contributed by atoms with Crippen LogP contribution in [0.3, 0.4) is 0 Å². The Morgan fingerprint density at radius 1 is 1.38 bits per heavy atom. The van der Waals surface area contributed by atoms with Gasteiger partial charge in [0.05, 0.1) is 6.54 Å². The van der Waals surface area contributed by atoms with E-state index in [1.54, 1.807) is 0 Å². The minimum Gasteiger partial charge on any atom is -0.480 e. The van der Waals surface area contributed by atoms with E-state index in [0.717, 1.165) is 6.54 Å². The Hall–Kier alpha value is -0.570. The molecular weight excluding hydrogens is 202 g/mol. The molecule has 16 heavy (non-hydrogen) atoms. The summed E-state index contributed by atoms with van der Waals surface area (Å²) < 4.78 is 0. The van der Waals surface area contributed by atoms with Crippen molar-refractivity contribution in [3.05, 3.63) is 0 Å². The molecule has 0 aromatic rings. The van der Waals surface area contributed by atoms with E-state index in [1.165, 1.54) is 25.7 Å². The average molecular weight is 227 g/mol. The van der Waals surface area contributed by atoms with Crippen molar-refractivity contribution in [2.45, 2.75) is 52.5 Å². The van der Waals surface area contributed by atoms with Gasteiger partial charge in [0.1, 0.15) is 0 Å². The Balaban J connectivity index is 2.61. The number of carbonyl (C=O) groups is 1. The first-order chi connectivity index (χ1) is 7.50. The fraction of sp³-hybridized carbons (Fsp3) is 0.923. The summed E-state index contributed by atoms with van der Waals surface area (Å²) in [4.78, 5) is 13.1. The predicted molar refractivity (Wildman–Crippen MR) is 65.5 cm³/mol. The van der Waals surface area contributed by atoms with E-state index in [-0.39, 0.29) is 6.54 Å². The quantitative estimate of drug-likeness (QED) is 0.785. The molecule has 0 aromatic carbocycles. The van der Waals surface area contributed by atoms with Gasteiger partial charge >= 0.3 is 5.97 Å². The van der Waals surface area contributed by atoms with Gasteiger partial charge < -0.3 is 5.11 Å². The molecule has 1 aliphatic carbocycles. The molecule has 1 aliphatic rings. The molecule has 0 radical (unpaired) electrons. The molecule has 0 amide bonds. The highest BCUT2D eigenvalue weighted by Gasteiger charge is 2.28. The Morgan fingerprint density at radius 2 is 2.00 bits per heavy atom. The first kappa shape index (κ1) is 13.5. The van der Waals surface area contributed by atoms with Crippen molar-refractivity contribution in [1.82, 2.24) is 4.90 Å². The third kappa shape index (κ3) is 4.12. The molecule has 2 unspecified atom stereocenters. The fourth-order valence-electron chi connectivity index (χ4n) is 2.80. The van der Waals surface area contributed by atoms with Crippen molar-refractivity contribution in [2.75, 3.05) is 13.1 Å². The van der Waals surface area contributed by atoms with E-state index < -0.39 is 5.97 Å². The van der Waals surface area contributed by atoms with Crippen molar-refractivity contribution < 1.29 is 9.90 Å². The lowest BCUT2D eigenvalue weighted by molar-refractivity contribution is -0.139. The molecule has 0 aromatic heterocycles. The van der Waals surface area contributed by atoms with E-state index in [4.69, 9.17) is 5.11 Å². The number of carboxylic acid groups (broad SMARTS) is 1. The maximum Gasteiger partial charge on any atom is 0.317 e. The first-order valence-electron chi connectivity index (χ1n) is 6.46. The predicted octanol–water partition coefficient (Wildman–Crippen LogP) is 2.61. The summed E-state index contributed by atoms with van der Waals surface area (Å²) in [6.07, 6.45) is 4.98. The molecule has 1 N–H and O–H groups in total. The van der Waals surface area contributed by atoms with Crippen molar-refractivity contribution in [3.63, 3.8) is 0 Å². The van der Waals surface area contributed by atoms with Gasteiger partial charge in [0, 0.05) is 12.6 Å². The monoisotopic (exact) mass is 227 g/mol. The van der Waals surface area contributed by atoms with Crippen molar-refractivity contribution in [1.29, 1.82) is 0 Å². The van der Waals surface area contributed by atoms with Gasteiger partial charge in [-0.05, 0) is 24.7 Å². The van der Waals surface area contributed by atoms with Gasteiger partial charge in [-0.3, -0.25) is 9.69 Å². The van der Waals surface area contributed by atoms with E-state index in [2.05, 4.69) is 25.7 Å². The summed E-state index contributed by atoms with van der Waals surface area (Å²) >= 11 is 0. The third-order valence-electron chi connectivity index (χ3n) is 3.47. The summed E-state index contributed by atoms with van der Waals surface area (Å²) in [5.74, 6) is 0.485. The Kier molecular flexibility index (Phi) is 5.26. The normalized spacial score (nSPS) is 26.3. The molecular formula is C13H25NO2. The molecule has 1 rings (SSSR count). The standard InChI is InChI=1S/C13H25NO2/c1-10(2)8-14(9-13(15)16)12-7-5-4-6-11(12)3/h10-12H,4-9H2,1-3H3,(H,15,16). The minimum atomic E-state index is -0.696. The molecule has 1 fully saturated rings. The smallest absolute Gasteiger partial charge is 0.317 e. The second kappa shape index (κ2) is 6.24. The highest BCUT2D eigenvalue weighted by molar-refractivity contribution is 5.69. The van der Waals surface area contributed by atoms with Crippen LogP contribution < -0.4 is 0 Å².